The molecule has 0 aromatic carbocycles. The minimum atomic E-state index is -0.475. The van der Waals surface area contributed by atoms with Crippen LogP contribution in [0.2, 0.25) is 0 Å². The Balaban J connectivity index is 2.33. The molecule has 0 radical (unpaired) electrons. The smallest absolute Gasteiger partial charge is 0.235 e. The largest absolute Gasteiger partial charge is 0.382 e. The fourth-order valence-electron chi connectivity index (χ4n) is 1.82. The zero-order valence-electron chi connectivity index (χ0n) is 7.50. The van der Waals surface area contributed by atoms with E-state index in [-0.39, 0.29) is 0 Å². The molecular weight excluding hydrogens is 183 g/mol. The van der Waals surface area contributed by atoms with Crippen molar-refractivity contribution in [2.75, 3.05) is 11.9 Å². The van der Waals surface area contributed by atoms with Gasteiger partial charge in [-0.25, -0.2) is 9.50 Å². The van der Waals surface area contributed by atoms with Crippen LogP contribution in [0.3, 0.4) is 0 Å². The lowest BCUT2D eigenvalue weighted by atomic mass is 10.1. The van der Waals surface area contributed by atoms with Crippen molar-refractivity contribution in [3.63, 3.8) is 0 Å². The maximum atomic E-state index is 12.9. The molecule has 1 aliphatic rings. The molecule has 0 atom stereocenters. The minimum Gasteiger partial charge on any atom is -0.382 e. The average Bonchev–Trinajstić information content (AvgIpc) is 2.59. The maximum absolute atomic E-state index is 12.9. The van der Waals surface area contributed by atoms with Gasteiger partial charge in [0.05, 0.1) is 17.6 Å². The number of nitrogens with one attached hydrogen (secondary N) is 1. The zero-order chi connectivity index (χ0) is 9.54. The second-order valence-corrected chi connectivity index (χ2v) is 3.39. The molecule has 14 heavy (non-hydrogen) atoms. The maximum Gasteiger partial charge on any atom is 0.235 e. The highest BCUT2D eigenvalue weighted by Gasteiger charge is 2.14. The van der Waals surface area contributed by atoms with Crippen LogP contribution in [0.25, 0.3) is 5.65 Å². The molecule has 2 aromatic rings. The monoisotopic (exact) mass is 192 g/mol. The molecule has 72 valence electrons. The van der Waals surface area contributed by atoms with Crippen molar-refractivity contribution in [3.05, 3.63) is 23.9 Å². The van der Waals surface area contributed by atoms with Gasteiger partial charge in [-0.1, -0.05) is 0 Å². The second kappa shape index (κ2) is 2.67. The summed E-state index contributed by atoms with van der Waals surface area (Å²) in [6.45, 7) is 0.948. The number of aryl methyl sites for hydroxylation is 1. The van der Waals surface area contributed by atoms with Gasteiger partial charge in [-0.3, -0.25) is 0 Å². The topological polar surface area (TPSA) is 42.2 Å². The standard InChI is InChI=1S/C9H9FN4/c10-8-4-9-12-5-6-7(14(9)13-8)2-1-3-11-6/h4-5,11H,1-3H2. The third-order valence-electron chi connectivity index (χ3n) is 2.46. The van der Waals surface area contributed by atoms with E-state index in [0.717, 1.165) is 30.8 Å². The lowest BCUT2D eigenvalue weighted by Gasteiger charge is -2.17. The van der Waals surface area contributed by atoms with Crippen LogP contribution in [0.5, 0.6) is 0 Å². The Kier molecular flexibility index (Phi) is 1.47. The van der Waals surface area contributed by atoms with Gasteiger partial charge in [-0.2, -0.15) is 4.39 Å². The van der Waals surface area contributed by atoms with E-state index in [0.29, 0.717) is 5.65 Å². The third-order valence-corrected chi connectivity index (χ3v) is 2.46. The van der Waals surface area contributed by atoms with Crippen LogP contribution in [0.15, 0.2) is 12.3 Å². The number of fused-ring (bicyclic) bond motifs is 3. The summed E-state index contributed by atoms with van der Waals surface area (Å²) < 4.78 is 14.5. The van der Waals surface area contributed by atoms with E-state index >= 15 is 0 Å². The summed E-state index contributed by atoms with van der Waals surface area (Å²) in [4.78, 5) is 4.11. The molecular formula is C9H9FN4. The summed E-state index contributed by atoms with van der Waals surface area (Å²) in [6, 6.07) is 1.34. The van der Waals surface area contributed by atoms with Crippen molar-refractivity contribution in [1.82, 2.24) is 14.6 Å². The van der Waals surface area contributed by atoms with E-state index in [1.54, 1.807) is 10.7 Å². The summed E-state index contributed by atoms with van der Waals surface area (Å²) in [5, 5.41) is 6.99. The normalized spacial score (nSPS) is 15.2. The van der Waals surface area contributed by atoms with Gasteiger partial charge < -0.3 is 5.32 Å². The summed E-state index contributed by atoms with van der Waals surface area (Å²) in [6.07, 6.45) is 3.71. The van der Waals surface area contributed by atoms with Crippen LogP contribution in [-0.2, 0) is 6.42 Å². The van der Waals surface area contributed by atoms with Gasteiger partial charge >= 0.3 is 0 Å². The van der Waals surface area contributed by atoms with Crippen molar-refractivity contribution in [2.24, 2.45) is 0 Å². The van der Waals surface area contributed by atoms with Gasteiger partial charge in [0, 0.05) is 12.6 Å². The van der Waals surface area contributed by atoms with Crippen molar-refractivity contribution >= 4 is 11.3 Å². The van der Waals surface area contributed by atoms with Crippen LogP contribution >= 0.6 is 0 Å². The first-order valence-electron chi connectivity index (χ1n) is 4.61. The Bertz CT molecular complexity index is 491. The number of anilines is 1. The highest BCUT2D eigenvalue weighted by Crippen LogP contribution is 2.21. The van der Waals surface area contributed by atoms with Crippen LogP contribution < -0.4 is 5.32 Å². The molecule has 0 spiro atoms. The molecule has 0 unspecified atom stereocenters. The summed E-state index contributed by atoms with van der Waals surface area (Å²) >= 11 is 0. The lowest BCUT2D eigenvalue weighted by molar-refractivity contribution is 0.565. The van der Waals surface area contributed by atoms with E-state index in [9.17, 15) is 4.39 Å². The molecule has 4 nitrogen and oxygen atoms in total. The van der Waals surface area contributed by atoms with Gasteiger partial charge in [0.25, 0.3) is 0 Å². The Hall–Kier alpha value is -1.65. The Morgan fingerprint density at radius 1 is 1.50 bits per heavy atom. The van der Waals surface area contributed by atoms with E-state index in [1.807, 2.05) is 0 Å². The summed E-state index contributed by atoms with van der Waals surface area (Å²) in [5.74, 6) is -0.475. The third kappa shape index (κ3) is 0.982. The van der Waals surface area contributed by atoms with Crippen LogP contribution in [-0.4, -0.2) is 21.1 Å². The highest BCUT2D eigenvalue weighted by atomic mass is 19.1. The Labute approximate surface area is 79.8 Å². The van der Waals surface area contributed by atoms with Crippen molar-refractivity contribution in [3.8, 4) is 0 Å². The molecule has 0 aliphatic carbocycles. The van der Waals surface area contributed by atoms with Crippen LogP contribution in [0, 0.1) is 5.95 Å². The molecule has 0 fully saturated rings. The molecule has 1 N–H and O–H groups in total. The predicted molar refractivity (Wildman–Crippen MR) is 49.8 cm³/mol. The van der Waals surface area contributed by atoms with Crippen molar-refractivity contribution in [1.29, 1.82) is 0 Å². The van der Waals surface area contributed by atoms with E-state index in [4.69, 9.17) is 0 Å². The van der Waals surface area contributed by atoms with Gasteiger partial charge in [-0.15, -0.1) is 5.10 Å². The Morgan fingerprint density at radius 2 is 2.43 bits per heavy atom. The van der Waals surface area contributed by atoms with E-state index < -0.39 is 5.95 Å². The fourth-order valence-corrected chi connectivity index (χ4v) is 1.82. The van der Waals surface area contributed by atoms with Gasteiger partial charge in [0.15, 0.2) is 5.65 Å². The number of hydrogen-bond acceptors (Lipinski definition) is 3. The lowest BCUT2D eigenvalue weighted by Crippen LogP contribution is -2.16. The highest BCUT2D eigenvalue weighted by molar-refractivity contribution is 5.53. The summed E-state index contributed by atoms with van der Waals surface area (Å²) in [7, 11) is 0. The number of halogens is 1. The first-order valence-corrected chi connectivity index (χ1v) is 4.61. The first kappa shape index (κ1) is 7.73. The van der Waals surface area contributed by atoms with Crippen LogP contribution in [0.1, 0.15) is 12.1 Å². The minimum absolute atomic E-state index is 0.475. The zero-order valence-corrected chi connectivity index (χ0v) is 7.50. The van der Waals surface area contributed by atoms with E-state index in [2.05, 4.69) is 15.4 Å². The van der Waals surface area contributed by atoms with Gasteiger partial charge in [0.2, 0.25) is 5.95 Å². The number of aromatic nitrogens is 3. The van der Waals surface area contributed by atoms with Gasteiger partial charge in [0.1, 0.15) is 0 Å². The average molecular weight is 192 g/mol. The molecule has 5 heteroatoms. The quantitative estimate of drug-likeness (QED) is 0.682. The van der Waals surface area contributed by atoms with Crippen molar-refractivity contribution in [2.45, 2.75) is 12.8 Å². The molecule has 3 rings (SSSR count). The molecule has 3 heterocycles. The first-order chi connectivity index (χ1) is 6.84. The number of rotatable bonds is 0. The number of nitrogens with zero attached hydrogens (tertiary/aromatic N) is 3. The molecule has 1 aliphatic heterocycles. The Morgan fingerprint density at radius 3 is 3.36 bits per heavy atom. The summed E-state index contributed by atoms with van der Waals surface area (Å²) in [5.41, 5.74) is 2.56. The van der Waals surface area contributed by atoms with Crippen molar-refractivity contribution < 1.29 is 4.39 Å². The number of hydrogen-bond donors (Lipinski definition) is 1. The fraction of sp³-hybridized carbons (Fsp3) is 0.333. The SMILES string of the molecule is Fc1cc2ncc3c(n2n1)CCCN3. The molecule has 0 bridgehead atoms. The predicted octanol–water partition coefficient (Wildman–Crippen LogP) is 1.23. The van der Waals surface area contributed by atoms with E-state index in [1.165, 1.54) is 6.07 Å². The second-order valence-electron chi connectivity index (χ2n) is 3.39. The molecule has 0 saturated carbocycles. The van der Waals surface area contributed by atoms with Gasteiger partial charge in [-0.05, 0) is 12.8 Å². The molecule has 0 amide bonds. The molecule has 0 saturated heterocycles. The van der Waals surface area contributed by atoms with Crippen LogP contribution in [0.4, 0.5) is 10.1 Å². The molecule has 2 aromatic heterocycles.